The standard InChI is InChI=1S/C16H18N2O3/c1-9-15(19)20-14-13(18(9)4)11-7-10(8-17)5-6-12(11)21-16(14,2)3/h5-7,9,13-14H,1-4H3/t9-,13-,14+/m0/s1. The van der Waals surface area contributed by atoms with Crippen molar-refractivity contribution in [3.63, 3.8) is 0 Å². The SMILES string of the molecule is C[C@H]1C(=O)O[C@@H]2[C@H](c3cc(C#N)ccc3OC2(C)C)N1C. The zero-order valence-corrected chi connectivity index (χ0v) is 12.6. The molecule has 5 nitrogen and oxygen atoms in total. The average Bonchev–Trinajstić information content (AvgIpc) is 2.44. The molecule has 0 bridgehead atoms. The molecule has 0 aliphatic carbocycles. The number of carbonyl (C=O) groups excluding carboxylic acids is 1. The summed E-state index contributed by atoms with van der Waals surface area (Å²) >= 11 is 0. The lowest BCUT2D eigenvalue weighted by molar-refractivity contribution is -0.194. The van der Waals surface area contributed by atoms with Crippen LogP contribution in [0.3, 0.4) is 0 Å². The molecular formula is C16H18N2O3. The number of hydrogen-bond donors (Lipinski definition) is 0. The largest absolute Gasteiger partial charge is 0.484 e. The number of fused-ring (bicyclic) bond motifs is 3. The third-order valence-electron chi connectivity index (χ3n) is 4.44. The van der Waals surface area contributed by atoms with Crippen molar-refractivity contribution in [2.24, 2.45) is 0 Å². The van der Waals surface area contributed by atoms with Crippen molar-refractivity contribution in [2.75, 3.05) is 7.05 Å². The van der Waals surface area contributed by atoms with Crippen LogP contribution in [0.4, 0.5) is 0 Å². The van der Waals surface area contributed by atoms with Gasteiger partial charge in [-0.25, -0.2) is 0 Å². The number of esters is 1. The van der Waals surface area contributed by atoms with Crippen molar-refractivity contribution in [2.45, 2.75) is 44.6 Å². The molecule has 3 atom stereocenters. The fraction of sp³-hybridized carbons (Fsp3) is 0.500. The van der Waals surface area contributed by atoms with Gasteiger partial charge in [0.05, 0.1) is 17.7 Å². The van der Waals surface area contributed by atoms with Crippen LogP contribution in [-0.4, -0.2) is 35.7 Å². The molecule has 2 aliphatic heterocycles. The van der Waals surface area contributed by atoms with E-state index in [1.807, 2.05) is 44.9 Å². The second kappa shape index (κ2) is 4.47. The number of ether oxygens (including phenoxy) is 2. The molecule has 2 aliphatic rings. The minimum absolute atomic E-state index is 0.107. The maximum atomic E-state index is 12.0. The zero-order valence-electron chi connectivity index (χ0n) is 12.6. The first kappa shape index (κ1) is 13.9. The van der Waals surface area contributed by atoms with Crippen molar-refractivity contribution in [1.29, 1.82) is 5.26 Å². The van der Waals surface area contributed by atoms with Gasteiger partial charge in [0.25, 0.3) is 0 Å². The third-order valence-corrected chi connectivity index (χ3v) is 4.44. The number of nitriles is 1. The van der Waals surface area contributed by atoms with E-state index in [1.54, 1.807) is 6.07 Å². The van der Waals surface area contributed by atoms with Gasteiger partial charge in [-0.15, -0.1) is 0 Å². The highest BCUT2D eigenvalue weighted by Crippen LogP contribution is 2.46. The van der Waals surface area contributed by atoms with E-state index in [0.717, 1.165) is 11.3 Å². The Morgan fingerprint density at radius 1 is 1.38 bits per heavy atom. The predicted molar refractivity (Wildman–Crippen MR) is 75.7 cm³/mol. The lowest BCUT2D eigenvalue weighted by Gasteiger charge is -2.51. The minimum atomic E-state index is -0.615. The van der Waals surface area contributed by atoms with Crippen LogP contribution < -0.4 is 4.74 Å². The number of carbonyl (C=O) groups is 1. The molecule has 1 aromatic rings. The molecule has 1 fully saturated rings. The van der Waals surface area contributed by atoms with E-state index in [-0.39, 0.29) is 18.1 Å². The number of likely N-dealkylation sites (N-methyl/N-ethyl adjacent to an activating group) is 1. The Morgan fingerprint density at radius 3 is 2.76 bits per heavy atom. The van der Waals surface area contributed by atoms with E-state index in [2.05, 4.69) is 6.07 Å². The second-order valence-electron chi connectivity index (χ2n) is 6.21. The summed E-state index contributed by atoms with van der Waals surface area (Å²) in [7, 11) is 1.91. The molecule has 0 saturated carbocycles. The van der Waals surface area contributed by atoms with Crippen molar-refractivity contribution >= 4 is 5.97 Å². The molecule has 5 heteroatoms. The van der Waals surface area contributed by atoms with Gasteiger partial charge in [0.1, 0.15) is 17.4 Å². The van der Waals surface area contributed by atoms with Crippen LogP contribution in [0, 0.1) is 11.3 Å². The number of hydrogen-bond acceptors (Lipinski definition) is 5. The lowest BCUT2D eigenvalue weighted by atomic mass is 9.83. The van der Waals surface area contributed by atoms with Gasteiger partial charge >= 0.3 is 5.97 Å². The fourth-order valence-corrected chi connectivity index (χ4v) is 3.10. The second-order valence-corrected chi connectivity index (χ2v) is 6.21. The Bertz CT molecular complexity index is 647. The predicted octanol–water partition coefficient (Wildman–Crippen LogP) is 2.02. The molecule has 1 saturated heterocycles. The van der Waals surface area contributed by atoms with Gasteiger partial charge in [-0.3, -0.25) is 9.69 Å². The topological polar surface area (TPSA) is 62.6 Å². The van der Waals surface area contributed by atoms with Crippen molar-refractivity contribution in [1.82, 2.24) is 4.90 Å². The highest BCUT2D eigenvalue weighted by molar-refractivity contribution is 5.77. The maximum absolute atomic E-state index is 12.0. The first-order valence-corrected chi connectivity index (χ1v) is 7.00. The van der Waals surface area contributed by atoms with Gasteiger partial charge in [0.2, 0.25) is 0 Å². The monoisotopic (exact) mass is 286 g/mol. The summed E-state index contributed by atoms with van der Waals surface area (Å²) in [6, 6.07) is 7.11. The van der Waals surface area contributed by atoms with Gasteiger partial charge in [0.15, 0.2) is 6.10 Å². The summed E-state index contributed by atoms with van der Waals surface area (Å²) in [6.07, 6.45) is -0.396. The quantitative estimate of drug-likeness (QED) is 0.683. The summed E-state index contributed by atoms with van der Waals surface area (Å²) in [5.41, 5.74) is 0.865. The molecule has 0 amide bonds. The van der Waals surface area contributed by atoms with E-state index >= 15 is 0 Å². The molecule has 0 radical (unpaired) electrons. The molecule has 0 N–H and O–H groups in total. The van der Waals surface area contributed by atoms with Crippen molar-refractivity contribution in [3.8, 4) is 11.8 Å². The maximum Gasteiger partial charge on any atom is 0.323 e. The molecular weight excluding hydrogens is 268 g/mol. The summed E-state index contributed by atoms with van der Waals surface area (Å²) in [5.74, 6) is 0.507. The van der Waals surface area contributed by atoms with E-state index in [1.165, 1.54) is 0 Å². The van der Waals surface area contributed by atoms with Crippen LogP contribution in [0.5, 0.6) is 5.75 Å². The summed E-state index contributed by atoms with van der Waals surface area (Å²) in [6.45, 7) is 5.67. The first-order chi connectivity index (χ1) is 9.85. The highest BCUT2D eigenvalue weighted by atomic mass is 16.6. The fourth-order valence-electron chi connectivity index (χ4n) is 3.10. The number of nitrogens with zero attached hydrogens (tertiary/aromatic N) is 2. The van der Waals surface area contributed by atoms with Crippen LogP contribution in [0.2, 0.25) is 0 Å². The van der Waals surface area contributed by atoms with Crippen LogP contribution in [-0.2, 0) is 9.53 Å². The molecule has 110 valence electrons. The van der Waals surface area contributed by atoms with E-state index in [0.29, 0.717) is 5.56 Å². The van der Waals surface area contributed by atoms with E-state index < -0.39 is 11.7 Å². The Morgan fingerprint density at radius 2 is 2.10 bits per heavy atom. The molecule has 0 aromatic heterocycles. The number of morpholine rings is 1. The van der Waals surface area contributed by atoms with Crippen molar-refractivity contribution in [3.05, 3.63) is 29.3 Å². The third kappa shape index (κ3) is 1.98. The molecule has 3 rings (SSSR count). The summed E-state index contributed by atoms with van der Waals surface area (Å²) in [4.78, 5) is 14.0. The molecule has 2 heterocycles. The smallest absolute Gasteiger partial charge is 0.323 e. The molecule has 0 unspecified atom stereocenters. The Kier molecular flexibility index (Phi) is 2.96. The molecule has 1 aromatic carbocycles. The molecule has 0 spiro atoms. The van der Waals surface area contributed by atoms with Crippen LogP contribution >= 0.6 is 0 Å². The van der Waals surface area contributed by atoms with Gasteiger partial charge in [0, 0.05) is 5.56 Å². The van der Waals surface area contributed by atoms with E-state index in [4.69, 9.17) is 14.7 Å². The molecule has 21 heavy (non-hydrogen) atoms. The Hall–Kier alpha value is -2.06. The minimum Gasteiger partial charge on any atom is -0.484 e. The van der Waals surface area contributed by atoms with Gasteiger partial charge in [-0.2, -0.15) is 5.26 Å². The summed E-state index contributed by atoms with van der Waals surface area (Å²) in [5, 5.41) is 9.11. The summed E-state index contributed by atoms with van der Waals surface area (Å²) < 4.78 is 11.6. The normalized spacial score (nSPS) is 30.4. The lowest BCUT2D eigenvalue weighted by Crippen LogP contribution is -2.61. The highest BCUT2D eigenvalue weighted by Gasteiger charge is 2.52. The van der Waals surface area contributed by atoms with Gasteiger partial charge < -0.3 is 9.47 Å². The number of benzene rings is 1. The van der Waals surface area contributed by atoms with Gasteiger partial charge in [-0.05, 0) is 46.0 Å². The Labute approximate surface area is 124 Å². The van der Waals surface area contributed by atoms with E-state index in [9.17, 15) is 4.79 Å². The van der Waals surface area contributed by atoms with Crippen molar-refractivity contribution < 1.29 is 14.3 Å². The Balaban J connectivity index is 2.16. The first-order valence-electron chi connectivity index (χ1n) is 7.00. The van der Waals surface area contributed by atoms with Gasteiger partial charge in [-0.1, -0.05) is 0 Å². The average molecular weight is 286 g/mol. The van der Waals surface area contributed by atoms with Crippen LogP contribution in [0.15, 0.2) is 18.2 Å². The zero-order chi connectivity index (χ0) is 15.4. The van der Waals surface area contributed by atoms with Crippen LogP contribution in [0.25, 0.3) is 0 Å². The van der Waals surface area contributed by atoms with Crippen LogP contribution in [0.1, 0.15) is 37.9 Å². The number of rotatable bonds is 0.